The summed E-state index contributed by atoms with van der Waals surface area (Å²) < 4.78 is 0. The van der Waals surface area contributed by atoms with Crippen molar-refractivity contribution in [1.29, 1.82) is 0 Å². The number of para-hydroxylation sites is 1. The Hall–Kier alpha value is -2.55. The molecule has 4 rings (SSSR count). The number of aryl methyl sites for hydroxylation is 1. The molecule has 3 aromatic rings. The van der Waals surface area contributed by atoms with Gasteiger partial charge in [-0.2, -0.15) is 0 Å². The maximum Gasteiger partial charge on any atom is 0.221 e. The third-order valence-corrected chi connectivity index (χ3v) is 5.21. The standard InChI is InChI=1S/C21H22N2O/c24-20(12-11-16-15-22-19-10-5-4-9-18(16)19)23-21(13-6-14-21)17-7-2-1-3-8-17/h1-5,7-10,15,22H,6,11-14H2,(H,23,24). The Kier molecular flexibility index (Phi) is 3.85. The van der Waals surface area contributed by atoms with Crippen LogP contribution in [0.2, 0.25) is 0 Å². The third kappa shape index (κ3) is 2.71. The molecular weight excluding hydrogens is 296 g/mol. The van der Waals surface area contributed by atoms with E-state index in [1.165, 1.54) is 22.9 Å². The molecule has 0 radical (unpaired) electrons. The quantitative estimate of drug-likeness (QED) is 0.724. The number of aromatic nitrogens is 1. The summed E-state index contributed by atoms with van der Waals surface area (Å²) in [5, 5.41) is 4.52. The molecule has 1 fully saturated rings. The zero-order valence-electron chi connectivity index (χ0n) is 13.7. The van der Waals surface area contributed by atoms with Gasteiger partial charge in [-0.25, -0.2) is 0 Å². The lowest BCUT2D eigenvalue weighted by molar-refractivity contribution is -0.124. The number of carbonyl (C=O) groups excluding carboxylic acids is 1. The average Bonchev–Trinajstić information content (AvgIpc) is 3.00. The van der Waals surface area contributed by atoms with Crippen LogP contribution in [0.15, 0.2) is 60.8 Å². The molecule has 0 aliphatic heterocycles. The molecule has 1 amide bonds. The van der Waals surface area contributed by atoms with Crippen LogP contribution in [0.25, 0.3) is 10.9 Å². The van der Waals surface area contributed by atoms with Gasteiger partial charge in [0.15, 0.2) is 0 Å². The first-order valence-corrected chi connectivity index (χ1v) is 8.68. The Morgan fingerprint density at radius 3 is 2.54 bits per heavy atom. The monoisotopic (exact) mass is 318 g/mol. The number of carbonyl (C=O) groups is 1. The van der Waals surface area contributed by atoms with Crippen molar-refractivity contribution < 1.29 is 4.79 Å². The van der Waals surface area contributed by atoms with Crippen LogP contribution < -0.4 is 5.32 Å². The fourth-order valence-corrected chi connectivity index (χ4v) is 3.69. The molecule has 1 aromatic heterocycles. The Labute approximate surface area is 142 Å². The van der Waals surface area contributed by atoms with Crippen LogP contribution in [0.3, 0.4) is 0 Å². The number of hydrogen-bond donors (Lipinski definition) is 2. The molecule has 0 atom stereocenters. The molecule has 0 unspecified atom stereocenters. The van der Waals surface area contributed by atoms with Gasteiger partial charge < -0.3 is 10.3 Å². The fraction of sp³-hybridized carbons (Fsp3) is 0.286. The van der Waals surface area contributed by atoms with Gasteiger partial charge in [0.2, 0.25) is 5.91 Å². The van der Waals surface area contributed by atoms with Gasteiger partial charge in [0.05, 0.1) is 5.54 Å². The Morgan fingerprint density at radius 2 is 1.79 bits per heavy atom. The smallest absolute Gasteiger partial charge is 0.221 e. The van der Waals surface area contributed by atoms with Crippen LogP contribution in [-0.4, -0.2) is 10.9 Å². The molecule has 1 heterocycles. The van der Waals surface area contributed by atoms with E-state index in [1.807, 2.05) is 36.5 Å². The van der Waals surface area contributed by atoms with E-state index in [0.29, 0.717) is 6.42 Å². The number of rotatable bonds is 5. The first-order chi connectivity index (χ1) is 11.8. The zero-order valence-corrected chi connectivity index (χ0v) is 13.7. The predicted octanol–water partition coefficient (Wildman–Crippen LogP) is 4.30. The number of benzene rings is 2. The molecule has 0 bridgehead atoms. The molecular formula is C21H22N2O. The first kappa shape index (κ1) is 15.0. The number of hydrogen-bond acceptors (Lipinski definition) is 1. The van der Waals surface area contributed by atoms with Crippen molar-refractivity contribution >= 4 is 16.8 Å². The van der Waals surface area contributed by atoms with E-state index in [2.05, 4.69) is 34.6 Å². The van der Waals surface area contributed by atoms with Gasteiger partial charge in [-0.05, 0) is 42.9 Å². The van der Waals surface area contributed by atoms with Crippen LogP contribution in [0.1, 0.15) is 36.8 Å². The molecule has 1 aliphatic rings. The predicted molar refractivity (Wildman–Crippen MR) is 96.7 cm³/mol. The SMILES string of the molecule is O=C(CCc1c[nH]c2ccccc12)NC1(c2ccccc2)CCC1. The molecule has 2 N–H and O–H groups in total. The van der Waals surface area contributed by atoms with Crippen LogP contribution >= 0.6 is 0 Å². The van der Waals surface area contributed by atoms with E-state index < -0.39 is 0 Å². The van der Waals surface area contributed by atoms with Crippen molar-refractivity contribution in [2.24, 2.45) is 0 Å². The lowest BCUT2D eigenvalue weighted by Gasteiger charge is -2.43. The minimum atomic E-state index is -0.140. The summed E-state index contributed by atoms with van der Waals surface area (Å²) in [4.78, 5) is 15.8. The highest BCUT2D eigenvalue weighted by Gasteiger charge is 2.39. The second-order valence-electron chi connectivity index (χ2n) is 6.71. The van der Waals surface area contributed by atoms with Crippen molar-refractivity contribution in [3.05, 3.63) is 71.9 Å². The van der Waals surface area contributed by atoms with Crippen molar-refractivity contribution in [2.75, 3.05) is 0 Å². The minimum absolute atomic E-state index is 0.140. The Balaban J connectivity index is 1.43. The van der Waals surface area contributed by atoms with Gasteiger partial charge in [0.25, 0.3) is 0 Å². The van der Waals surface area contributed by atoms with Gasteiger partial charge in [0.1, 0.15) is 0 Å². The summed E-state index contributed by atoms with van der Waals surface area (Å²) in [5.41, 5.74) is 3.44. The first-order valence-electron chi connectivity index (χ1n) is 8.68. The van der Waals surface area contributed by atoms with Gasteiger partial charge in [-0.3, -0.25) is 4.79 Å². The van der Waals surface area contributed by atoms with Crippen LogP contribution in [0.5, 0.6) is 0 Å². The Bertz CT molecular complexity index is 846. The molecule has 24 heavy (non-hydrogen) atoms. The molecule has 0 saturated heterocycles. The van der Waals surface area contributed by atoms with Gasteiger partial charge in [-0.15, -0.1) is 0 Å². The van der Waals surface area contributed by atoms with Gasteiger partial charge in [-0.1, -0.05) is 48.5 Å². The molecule has 122 valence electrons. The second kappa shape index (κ2) is 6.16. The van der Waals surface area contributed by atoms with Crippen molar-refractivity contribution in [3.63, 3.8) is 0 Å². The highest BCUT2D eigenvalue weighted by molar-refractivity contribution is 5.84. The normalized spacial score (nSPS) is 15.8. The summed E-state index contributed by atoms with van der Waals surface area (Å²) in [6, 6.07) is 18.6. The molecule has 1 saturated carbocycles. The van der Waals surface area contributed by atoms with Crippen molar-refractivity contribution in [1.82, 2.24) is 10.3 Å². The maximum absolute atomic E-state index is 12.5. The van der Waals surface area contributed by atoms with Gasteiger partial charge >= 0.3 is 0 Å². The lowest BCUT2D eigenvalue weighted by atomic mass is 9.71. The third-order valence-electron chi connectivity index (χ3n) is 5.21. The number of aromatic amines is 1. The highest BCUT2D eigenvalue weighted by atomic mass is 16.1. The van der Waals surface area contributed by atoms with E-state index >= 15 is 0 Å². The van der Waals surface area contributed by atoms with Crippen LogP contribution in [0, 0.1) is 0 Å². The average molecular weight is 318 g/mol. The minimum Gasteiger partial charge on any atom is -0.361 e. The van der Waals surface area contributed by atoms with Gasteiger partial charge in [0, 0.05) is 23.5 Å². The summed E-state index contributed by atoms with van der Waals surface area (Å²) in [6.07, 6.45) is 6.56. The maximum atomic E-state index is 12.5. The van der Waals surface area contributed by atoms with E-state index in [-0.39, 0.29) is 11.4 Å². The molecule has 3 heteroatoms. The summed E-state index contributed by atoms with van der Waals surface area (Å²) >= 11 is 0. The van der Waals surface area contributed by atoms with E-state index in [1.54, 1.807) is 0 Å². The topological polar surface area (TPSA) is 44.9 Å². The number of fused-ring (bicyclic) bond motifs is 1. The van der Waals surface area contributed by atoms with E-state index in [4.69, 9.17) is 0 Å². The zero-order chi connectivity index (χ0) is 16.4. The molecule has 2 aromatic carbocycles. The molecule has 0 spiro atoms. The van der Waals surface area contributed by atoms with Crippen LogP contribution in [-0.2, 0) is 16.8 Å². The number of amides is 1. The fourth-order valence-electron chi connectivity index (χ4n) is 3.69. The lowest BCUT2D eigenvalue weighted by Crippen LogP contribution is -2.50. The summed E-state index contributed by atoms with van der Waals surface area (Å²) in [7, 11) is 0. The summed E-state index contributed by atoms with van der Waals surface area (Å²) in [6.45, 7) is 0. The van der Waals surface area contributed by atoms with Crippen molar-refractivity contribution in [3.8, 4) is 0 Å². The largest absolute Gasteiger partial charge is 0.361 e. The Morgan fingerprint density at radius 1 is 1.04 bits per heavy atom. The van der Waals surface area contributed by atoms with Crippen LogP contribution in [0.4, 0.5) is 0 Å². The summed E-state index contributed by atoms with van der Waals surface area (Å²) in [5.74, 6) is 0.142. The molecule has 3 nitrogen and oxygen atoms in total. The number of nitrogens with one attached hydrogen (secondary N) is 2. The van der Waals surface area contributed by atoms with Crippen molar-refractivity contribution in [2.45, 2.75) is 37.6 Å². The van der Waals surface area contributed by atoms with E-state index in [0.717, 1.165) is 24.8 Å². The molecule has 1 aliphatic carbocycles. The highest BCUT2D eigenvalue weighted by Crippen LogP contribution is 2.41. The number of H-pyrrole nitrogens is 1. The van der Waals surface area contributed by atoms with E-state index in [9.17, 15) is 4.79 Å². The second-order valence-corrected chi connectivity index (χ2v) is 6.71.